The van der Waals surface area contributed by atoms with Gasteiger partial charge in [0.15, 0.2) is 0 Å². The summed E-state index contributed by atoms with van der Waals surface area (Å²) in [6.07, 6.45) is 7.04. The quantitative estimate of drug-likeness (QED) is 0.701. The van der Waals surface area contributed by atoms with Crippen molar-refractivity contribution in [1.82, 2.24) is 24.5 Å². The summed E-state index contributed by atoms with van der Waals surface area (Å²) < 4.78 is 9.33. The van der Waals surface area contributed by atoms with Gasteiger partial charge >= 0.3 is 0 Å². The number of benzene rings is 1. The van der Waals surface area contributed by atoms with Crippen molar-refractivity contribution in [1.29, 1.82) is 0 Å². The SMILES string of the molecule is Cc1cc2cnn(-c3cnn(C)c3)c2cc1C1CCN(C2(C)COC2)C[C@H]1C. The molecule has 1 aromatic carbocycles. The number of likely N-dealkylation sites (tertiary alicyclic amines) is 1. The van der Waals surface area contributed by atoms with Crippen LogP contribution in [0, 0.1) is 12.8 Å². The number of rotatable bonds is 3. The van der Waals surface area contributed by atoms with Crippen molar-refractivity contribution in [2.75, 3.05) is 26.3 Å². The van der Waals surface area contributed by atoms with Gasteiger partial charge in [-0.15, -0.1) is 0 Å². The van der Waals surface area contributed by atoms with E-state index in [1.807, 2.05) is 35.0 Å². The Morgan fingerprint density at radius 1 is 1.18 bits per heavy atom. The molecule has 28 heavy (non-hydrogen) atoms. The van der Waals surface area contributed by atoms with E-state index in [-0.39, 0.29) is 5.54 Å². The second-order valence-electron chi connectivity index (χ2n) is 9.00. The highest BCUT2D eigenvalue weighted by molar-refractivity contribution is 5.82. The number of aryl methyl sites for hydroxylation is 2. The second-order valence-corrected chi connectivity index (χ2v) is 9.00. The Hall–Kier alpha value is -2.18. The highest BCUT2D eigenvalue weighted by atomic mass is 16.5. The molecule has 0 N–H and O–H groups in total. The van der Waals surface area contributed by atoms with E-state index in [0.29, 0.717) is 11.8 Å². The summed E-state index contributed by atoms with van der Waals surface area (Å²) in [5.74, 6) is 1.21. The van der Waals surface area contributed by atoms with Crippen molar-refractivity contribution < 1.29 is 4.74 Å². The van der Waals surface area contributed by atoms with Crippen LogP contribution in [0.2, 0.25) is 0 Å². The van der Waals surface area contributed by atoms with E-state index in [1.165, 1.54) is 28.5 Å². The summed E-state index contributed by atoms with van der Waals surface area (Å²) >= 11 is 0. The minimum Gasteiger partial charge on any atom is -0.377 e. The molecule has 0 amide bonds. The summed E-state index contributed by atoms with van der Waals surface area (Å²) in [5.41, 5.74) is 5.27. The van der Waals surface area contributed by atoms with E-state index in [9.17, 15) is 0 Å². The molecular formula is C22H29N5O. The molecular weight excluding hydrogens is 350 g/mol. The summed E-state index contributed by atoms with van der Waals surface area (Å²) in [6.45, 7) is 11.0. The molecule has 6 nitrogen and oxygen atoms in total. The standard InChI is InChI=1S/C22H29N5O/c1-15-7-17-9-24-27(18-10-23-25(4)12-18)21(17)8-20(15)19-5-6-26(11-16(19)2)22(3)13-28-14-22/h7-10,12,16,19H,5-6,11,13-14H2,1-4H3/t16-,19?/m1/s1. The highest BCUT2D eigenvalue weighted by Crippen LogP contribution is 2.39. The van der Waals surface area contributed by atoms with Gasteiger partial charge in [0.25, 0.3) is 0 Å². The molecule has 2 aromatic heterocycles. The maximum Gasteiger partial charge on any atom is 0.103 e. The Balaban J connectivity index is 1.48. The van der Waals surface area contributed by atoms with E-state index >= 15 is 0 Å². The molecule has 1 unspecified atom stereocenters. The van der Waals surface area contributed by atoms with Crippen LogP contribution >= 0.6 is 0 Å². The molecule has 0 radical (unpaired) electrons. The van der Waals surface area contributed by atoms with Gasteiger partial charge in [-0.25, -0.2) is 4.68 Å². The monoisotopic (exact) mass is 379 g/mol. The number of fused-ring (bicyclic) bond motifs is 1. The predicted octanol–water partition coefficient (Wildman–Crippen LogP) is 3.28. The molecule has 2 saturated heterocycles. The molecule has 0 spiro atoms. The summed E-state index contributed by atoms with van der Waals surface area (Å²) in [6, 6.07) is 4.67. The maximum atomic E-state index is 5.49. The lowest BCUT2D eigenvalue weighted by atomic mass is 9.78. The highest BCUT2D eigenvalue weighted by Gasteiger charge is 2.42. The summed E-state index contributed by atoms with van der Waals surface area (Å²) in [4.78, 5) is 2.64. The largest absolute Gasteiger partial charge is 0.377 e. The average molecular weight is 380 g/mol. The molecule has 5 rings (SSSR count). The van der Waals surface area contributed by atoms with Crippen molar-refractivity contribution in [2.45, 2.75) is 38.6 Å². The Morgan fingerprint density at radius 2 is 2.00 bits per heavy atom. The van der Waals surface area contributed by atoms with Crippen molar-refractivity contribution >= 4 is 10.9 Å². The molecule has 4 heterocycles. The topological polar surface area (TPSA) is 48.1 Å². The molecule has 0 bridgehead atoms. The van der Waals surface area contributed by atoms with E-state index < -0.39 is 0 Å². The fourth-order valence-corrected chi connectivity index (χ4v) is 5.00. The van der Waals surface area contributed by atoms with Gasteiger partial charge in [0.05, 0.1) is 42.9 Å². The van der Waals surface area contributed by atoms with Gasteiger partial charge in [0.2, 0.25) is 0 Å². The minimum absolute atomic E-state index is 0.247. The van der Waals surface area contributed by atoms with Crippen LogP contribution in [-0.2, 0) is 11.8 Å². The molecule has 0 saturated carbocycles. The Kier molecular flexibility index (Phi) is 4.10. The van der Waals surface area contributed by atoms with Gasteiger partial charge in [0, 0.05) is 19.0 Å². The van der Waals surface area contributed by atoms with Gasteiger partial charge in [-0.3, -0.25) is 9.58 Å². The number of nitrogens with zero attached hydrogens (tertiary/aromatic N) is 5. The molecule has 6 heteroatoms. The third kappa shape index (κ3) is 2.78. The molecule has 2 atom stereocenters. The average Bonchev–Trinajstić information content (AvgIpc) is 3.24. The molecule has 3 aromatic rings. The van der Waals surface area contributed by atoms with Crippen LogP contribution in [0.5, 0.6) is 0 Å². The van der Waals surface area contributed by atoms with Crippen molar-refractivity contribution in [3.63, 3.8) is 0 Å². The predicted molar refractivity (Wildman–Crippen MR) is 110 cm³/mol. The van der Waals surface area contributed by atoms with Gasteiger partial charge < -0.3 is 4.74 Å². The second kappa shape index (κ2) is 6.42. The molecule has 2 aliphatic heterocycles. The third-order valence-electron chi connectivity index (χ3n) is 6.79. The molecule has 2 fully saturated rings. The van der Waals surface area contributed by atoms with Gasteiger partial charge in [0.1, 0.15) is 5.69 Å². The number of piperidine rings is 1. The van der Waals surface area contributed by atoms with Gasteiger partial charge in [-0.1, -0.05) is 6.92 Å². The van der Waals surface area contributed by atoms with Crippen molar-refractivity contribution in [2.24, 2.45) is 13.0 Å². The van der Waals surface area contributed by atoms with Crippen LogP contribution in [0.25, 0.3) is 16.6 Å². The Bertz CT molecular complexity index is 1020. The van der Waals surface area contributed by atoms with Gasteiger partial charge in [-0.05, 0) is 61.9 Å². The number of aromatic nitrogens is 4. The van der Waals surface area contributed by atoms with Crippen LogP contribution in [0.4, 0.5) is 0 Å². The van der Waals surface area contributed by atoms with E-state index in [0.717, 1.165) is 32.0 Å². The smallest absolute Gasteiger partial charge is 0.103 e. The first kappa shape index (κ1) is 17.9. The normalized spacial score (nSPS) is 25.1. The lowest BCUT2D eigenvalue weighted by molar-refractivity contribution is -0.141. The van der Waals surface area contributed by atoms with E-state index in [1.54, 1.807) is 0 Å². The maximum absolute atomic E-state index is 5.49. The summed E-state index contributed by atoms with van der Waals surface area (Å²) in [5, 5.41) is 10.1. The zero-order chi connectivity index (χ0) is 19.5. The van der Waals surface area contributed by atoms with E-state index in [2.05, 4.69) is 48.0 Å². The van der Waals surface area contributed by atoms with Crippen LogP contribution in [0.3, 0.4) is 0 Å². The third-order valence-corrected chi connectivity index (χ3v) is 6.79. The van der Waals surface area contributed by atoms with E-state index in [4.69, 9.17) is 4.74 Å². The molecule has 2 aliphatic rings. The number of hydrogen-bond acceptors (Lipinski definition) is 4. The molecule has 0 aliphatic carbocycles. The van der Waals surface area contributed by atoms with Crippen LogP contribution < -0.4 is 0 Å². The fraction of sp³-hybridized carbons (Fsp3) is 0.545. The number of ether oxygens (including phenoxy) is 1. The first-order valence-corrected chi connectivity index (χ1v) is 10.2. The lowest BCUT2D eigenvalue weighted by Gasteiger charge is -2.51. The van der Waals surface area contributed by atoms with Crippen LogP contribution in [-0.4, -0.2) is 56.3 Å². The molecule has 148 valence electrons. The van der Waals surface area contributed by atoms with Crippen LogP contribution in [0.15, 0.2) is 30.7 Å². The minimum atomic E-state index is 0.247. The van der Waals surface area contributed by atoms with Crippen molar-refractivity contribution in [3.05, 3.63) is 41.9 Å². The first-order chi connectivity index (χ1) is 13.4. The van der Waals surface area contributed by atoms with Crippen molar-refractivity contribution in [3.8, 4) is 5.69 Å². The first-order valence-electron chi connectivity index (χ1n) is 10.2. The van der Waals surface area contributed by atoms with Gasteiger partial charge in [-0.2, -0.15) is 10.2 Å². The number of hydrogen-bond donors (Lipinski definition) is 0. The zero-order valence-electron chi connectivity index (χ0n) is 17.2. The summed E-state index contributed by atoms with van der Waals surface area (Å²) in [7, 11) is 1.94. The Morgan fingerprint density at radius 3 is 2.64 bits per heavy atom. The lowest BCUT2D eigenvalue weighted by Crippen LogP contribution is -2.62. The zero-order valence-corrected chi connectivity index (χ0v) is 17.2. The fourth-order valence-electron chi connectivity index (χ4n) is 5.00. The van der Waals surface area contributed by atoms with Crippen LogP contribution in [0.1, 0.15) is 37.3 Å². The Labute approximate surface area is 166 Å².